The van der Waals surface area contributed by atoms with Gasteiger partial charge in [0.25, 0.3) is 0 Å². The van der Waals surface area contributed by atoms with Gasteiger partial charge in [-0.2, -0.15) is 0 Å². The Morgan fingerprint density at radius 1 is 0.413 bits per heavy atom. The van der Waals surface area contributed by atoms with Crippen molar-refractivity contribution in [3.05, 3.63) is 140 Å². The summed E-state index contributed by atoms with van der Waals surface area (Å²) in [6.07, 6.45) is 0. The first kappa shape index (κ1) is 26.5. The van der Waals surface area contributed by atoms with E-state index >= 15 is 0 Å². The molecule has 9 rings (SSSR count). The van der Waals surface area contributed by atoms with Crippen LogP contribution in [0.4, 0.5) is 0 Å². The van der Waals surface area contributed by atoms with Crippen LogP contribution in [-0.2, 0) is 9.84 Å². The van der Waals surface area contributed by atoms with Gasteiger partial charge in [-0.05, 0) is 41.5 Å². The maximum atomic E-state index is 14.1. The number of para-hydroxylation sites is 1. The molecule has 7 heteroatoms. The molecule has 0 spiro atoms. The fraction of sp³-hybridized carbons (Fsp3) is 0. The highest BCUT2D eigenvalue weighted by Gasteiger charge is 2.34. The van der Waals surface area contributed by atoms with Crippen molar-refractivity contribution in [2.75, 3.05) is 0 Å². The fourth-order valence-electron chi connectivity index (χ4n) is 6.21. The van der Waals surface area contributed by atoms with Gasteiger partial charge in [0.2, 0.25) is 9.84 Å². The molecule has 0 saturated heterocycles. The molecule has 0 amide bonds. The molecule has 1 aliphatic rings. The summed E-state index contributed by atoms with van der Waals surface area (Å²) in [5.41, 5.74) is 6.90. The van der Waals surface area contributed by atoms with E-state index in [0.717, 1.165) is 44.2 Å². The van der Waals surface area contributed by atoms with Crippen LogP contribution in [0.2, 0.25) is 0 Å². The topological polar surface area (TPSA) is 86.0 Å². The van der Waals surface area contributed by atoms with Gasteiger partial charge in [0.1, 0.15) is 11.2 Å². The van der Waals surface area contributed by atoms with Crippen LogP contribution in [0.15, 0.2) is 154 Å². The van der Waals surface area contributed by atoms with E-state index in [1.165, 1.54) is 0 Å². The number of aromatic nitrogens is 3. The highest BCUT2D eigenvalue weighted by atomic mass is 32.2. The minimum Gasteiger partial charge on any atom is -0.456 e. The number of furan rings is 1. The molecule has 1 aliphatic heterocycles. The normalized spacial score (nSPS) is 13.1. The third kappa shape index (κ3) is 4.17. The van der Waals surface area contributed by atoms with E-state index in [1.54, 1.807) is 12.1 Å². The van der Waals surface area contributed by atoms with Crippen LogP contribution in [0.1, 0.15) is 0 Å². The predicted octanol–water partition coefficient (Wildman–Crippen LogP) is 9.25. The molecule has 0 fully saturated rings. The van der Waals surface area contributed by atoms with Crippen molar-refractivity contribution in [2.24, 2.45) is 0 Å². The minimum absolute atomic E-state index is 0.243. The van der Waals surface area contributed by atoms with Crippen molar-refractivity contribution in [1.82, 2.24) is 15.0 Å². The fourth-order valence-corrected chi connectivity index (χ4v) is 7.95. The molecule has 0 bridgehead atoms. The van der Waals surface area contributed by atoms with Gasteiger partial charge in [0, 0.05) is 38.6 Å². The maximum Gasteiger partial charge on any atom is 0.207 e. The van der Waals surface area contributed by atoms with Crippen LogP contribution < -0.4 is 0 Å². The van der Waals surface area contributed by atoms with Crippen LogP contribution in [0.3, 0.4) is 0 Å². The van der Waals surface area contributed by atoms with E-state index in [0.29, 0.717) is 34.2 Å². The second-order valence-corrected chi connectivity index (χ2v) is 13.2. The first-order valence-electron chi connectivity index (χ1n) is 14.9. The average molecular weight is 614 g/mol. The van der Waals surface area contributed by atoms with Gasteiger partial charge in [0.15, 0.2) is 17.5 Å². The van der Waals surface area contributed by atoms with Gasteiger partial charge in [-0.3, -0.25) is 0 Å². The number of nitrogens with zero attached hydrogens (tertiary/aromatic N) is 3. The van der Waals surface area contributed by atoms with Crippen LogP contribution in [0.5, 0.6) is 0 Å². The zero-order valence-electron chi connectivity index (χ0n) is 24.3. The SMILES string of the molecule is O=S1(=O)c2cc(-c3ccc4c(c3)oc3ccccc34)ccc2-c2ccc(-c3nc(-c4ccccc4)nc(-c4ccccc4)n3)cc21. The number of hydrogen-bond donors (Lipinski definition) is 0. The highest BCUT2D eigenvalue weighted by Crippen LogP contribution is 2.46. The Hall–Kier alpha value is -5.92. The number of rotatable bonds is 4. The largest absolute Gasteiger partial charge is 0.456 e. The summed E-state index contributed by atoms with van der Waals surface area (Å²) >= 11 is 0. The number of fused-ring (bicyclic) bond motifs is 6. The summed E-state index contributed by atoms with van der Waals surface area (Å²) in [4.78, 5) is 14.9. The third-order valence-electron chi connectivity index (χ3n) is 8.50. The molecule has 2 aromatic heterocycles. The Morgan fingerprint density at radius 2 is 0.891 bits per heavy atom. The van der Waals surface area contributed by atoms with Crippen molar-refractivity contribution in [3.63, 3.8) is 0 Å². The van der Waals surface area contributed by atoms with Crippen molar-refractivity contribution in [2.45, 2.75) is 9.79 Å². The van der Waals surface area contributed by atoms with Gasteiger partial charge in [-0.25, -0.2) is 23.4 Å². The smallest absolute Gasteiger partial charge is 0.207 e. The molecule has 3 heterocycles. The lowest BCUT2D eigenvalue weighted by atomic mass is 9.99. The van der Waals surface area contributed by atoms with Crippen molar-refractivity contribution >= 4 is 31.8 Å². The van der Waals surface area contributed by atoms with Gasteiger partial charge >= 0.3 is 0 Å². The Bertz CT molecular complexity index is 2540. The lowest BCUT2D eigenvalue weighted by Gasteiger charge is -2.09. The van der Waals surface area contributed by atoms with E-state index in [2.05, 4.69) is 0 Å². The van der Waals surface area contributed by atoms with Gasteiger partial charge in [-0.15, -0.1) is 0 Å². The number of hydrogen-bond acceptors (Lipinski definition) is 6. The van der Waals surface area contributed by atoms with E-state index in [4.69, 9.17) is 19.4 Å². The van der Waals surface area contributed by atoms with Crippen LogP contribution in [0.25, 0.3) is 78.4 Å². The summed E-state index contributed by atoms with van der Waals surface area (Å²) in [5.74, 6) is 1.44. The third-order valence-corrected chi connectivity index (χ3v) is 10.3. The second-order valence-electron chi connectivity index (χ2n) is 11.3. The molecular formula is C39H23N3O3S. The zero-order chi connectivity index (χ0) is 30.8. The molecule has 0 atom stereocenters. The zero-order valence-corrected chi connectivity index (χ0v) is 25.1. The lowest BCUT2D eigenvalue weighted by Crippen LogP contribution is -2.01. The highest BCUT2D eigenvalue weighted by molar-refractivity contribution is 7.92. The van der Waals surface area contributed by atoms with E-state index in [9.17, 15) is 8.42 Å². The molecule has 218 valence electrons. The predicted molar refractivity (Wildman–Crippen MR) is 180 cm³/mol. The quantitative estimate of drug-likeness (QED) is 0.197. The lowest BCUT2D eigenvalue weighted by molar-refractivity contribution is 0.598. The molecule has 0 saturated carbocycles. The van der Waals surface area contributed by atoms with Crippen LogP contribution in [0, 0.1) is 0 Å². The van der Waals surface area contributed by atoms with Crippen LogP contribution in [-0.4, -0.2) is 23.4 Å². The van der Waals surface area contributed by atoms with Gasteiger partial charge in [-0.1, -0.05) is 109 Å². The number of sulfone groups is 1. The summed E-state index contributed by atoms with van der Waals surface area (Å²) in [7, 11) is -3.81. The molecule has 0 unspecified atom stereocenters. The standard InChI is InChI=1S/C39H23N3O3S/c43-46(44)35-22-27(26-15-18-30-29-13-7-8-14-33(29)45-34(30)21-26)16-19-31(35)32-20-17-28(23-36(32)46)39-41-37(24-9-3-1-4-10-24)40-38(42-39)25-11-5-2-6-12-25/h1-23H. The van der Waals surface area contributed by atoms with Gasteiger partial charge in [0.05, 0.1) is 9.79 Å². The number of benzene rings is 6. The molecule has 6 aromatic carbocycles. The Kier molecular flexibility index (Phi) is 5.79. The Balaban J connectivity index is 1.14. The second kappa shape index (κ2) is 10.1. The van der Waals surface area contributed by atoms with E-state index in [-0.39, 0.29) is 9.79 Å². The maximum absolute atomic E-state index is 14.1. The molecule has 46 heavy (non-hydrogen) atoms. The van der Waals surface area contributed by atoms with Crippen molar-refractivity contribution < 1.29 is 12.8 Å². The Labute approximate surface area is 264 Å². The molecule has 0 aliphatic carbocycles. The average Bonchev–Trinajstić information content (AvgIpc) is 3.60. The monoisotopic (exact) mass is 613 g/mol. The van der Waals surface area contributed by atoms with Gasteiger partial charge < -0.3 is 4.42 Å². The molecule has 8 aromatic rings. The van der Waals surface area contributed by atoms with Crippen LogP contribution >= 0.6 is 0 Å². The first-order valence-corrected chi connectivity index (χ1v) is 16.3. The molecular weight excluding hydrogens is 591 g/mol. The summed E-state index contributed by atoms with van der Waals surface area (Å²) in [6.45, 7) is 0. The molecule has 6 nitrogen and oxygen atoms in total. The molecule has 0 N–H and O–H groups in total. The first-order chi connectivity index (χ1) is 22.5. The summed E-state index contributed by atoms with van der Waals surface area (Å²) in [6, 6.07) is 44.4. The molecule has 0 radical (unpaired) electrons. The summed E-state index contributed by atoms with van der Waals surface area (Å²) in [5, 5.41) is 2.08. The minimum atomic E-state index is -3.81. The Morgan fingerprint density at radius 3 is 1.54 bits per heavy atom. The van der Waals surface area contributed by atoms with Crippen molar-refractivity contribution in [3.8, 4) is 56.4 Å². The van der Waals surface area contributed by atoms with E-state index in [1.807, 2.05) is 127 Å². The summed E-state index contributed by atoms with van der Waals surface area (Å²) < 4.78 is 34.2. The van der Waals surface area contributed by atoms with Crippen molar-refractivity contribution in [1.29, 1.82) is 0 Å². The van der Waals surface area contributed by atoms with E-state index < -0.39 is 9.84 Å².